The Hall–Kier alpha value is -4.27. The fourth-order valence-corrected chi connectivity index (χ4v) is 5.20. The van der Waals surface area contributed by atoms with Gasteiger partial charge < -0.3 is 25.2 Å². The molecule has 8 heteroatoms. The molecule has 49 heavy (non-hydrogen) atoms. The molecule has 0 saturated heterocycles. The fraction of sp³-hybridized carbons (Fsp3) is 0.415. The average Bonchev–Trinajstić information content (AvgIpc) is 3.47. The Labute approximate surface area is 293 Å². The predicted molar refractivity (Wildman–Crippen MR) is 203 cm³/mol. The number of aliphatic hydroxyl groups is 2. The summed E-state index contributed by atoms with van der Waals surface area (Å²) in [5.74, 6) is -1.93. The van der Waals surface area contributed by atoms with Crippen LogP contribution in [-0.2, 0) is 11.3 Å². The van der Waals surface area contributed by atoms with E-state index in [0.717, 1.165) is 11.3 Å². The number of aliphatic carboxylic acids is 1. The van der Waals surface area contributed by atoms with Crippen molar-refractivity contribution in [3.8, 4) is 22.4 Å². The third-order valence-electron chi connectivity index (χ3n) is 6.93. The topological polar surface area (TPSA) is 112 Å². The van der Waals surface area contributed by atoms with Gasteiger partial charge in [-0.25, -0.2) is 4.39 Å². The minimum Gasteiger partial charge on any atom is -0.481 e. The average molecular weight is 679 g/mol. The van der Waals surface area contributed by atoms with Crippen molar-refractivity contribution in [2.24, 2.45) is 0 Å². The quantitative estimate of drug-likeness (QED) is 0.119. The number of nitrogens with zero attached hydrogens (tertiary/aromatic N) is 1. The normalized spacial score (nSPS) is 11.1. The molecule has 1 heterocycles. The van der Waals surface area contributed by atoms with E-state index in [1.807, 2.05) is 134 Å². The molecule has 270 valence electrons. The van der Waals surface area contributed by atoms with Crippen LogP contribution in [0.5, 0.6) is 0 Å². The maximum absolute atomic E-state index is 14.0. The lowest BCUT2D eigenvalue weighted by molar-refractivity contribution is -0.139. The maximum atomic E-state index is 14.0. The summed E-state index contributed by atoms with van der Waals surface area (Å²) in [5.41, 5.74) is 4.77. The van der Waals surface area contributed by atoms with Gasteiger partial charge in [0.25, 0.3) is 5.91 Å². The SMILES string of the molecule is CC.CC.CC.CC.CC(C)c1c(C(=O)Nc2ccccc2)c(-c2ccccc2)c(-c2ccc(F)cc2)n1CCC(O)CC(O)CC(=O)O. The highest BCUT2D eigenvalue weighted by molar-refractivity contribution is 6.12. The highest BCUT2D eigenvalue weighted by Gasteiger charge is 2.31. The summed E-state index contributed by atoms with van der Waals surface area (Å²) in [6, 6.07) is 24.8. The molecule has 0 bridgehead atoms. The van der Waals surface area contributed by atoms with Gasteiger partial charge in [-0.2, -0.15) is 0 Å². The number of carbonyl (C=O) groups is 2. The molecule has 0 radical (unpaired) electrons. The molecular weight excluding hydrogens is 619 g/mol. The number of anilines is 1. The number of rotatable bonds is 12. The van der Waals surface area contributed by atoms with Crippen molar-refractivity contribution in [2.45, 2.75) is 113 Å². The van der Waals surface area contributed by atoms with Gasteiger partial charge in [-0.05, 0) is 66.3 Å². The van der Waals surface area contributed by atoms with Crippen molar-refractivity contribution in [3.05, 3.63) is 102 Å². The summed E-state index contributed by atoms with van der Waals surface area (Å²) in [5, 5.41) is 32.8. The van der Waals surface area contributed by atoms with Crippen LogP contribution in [0, 0.1) is 5.82 Å². The lowest BCUT2D eigenvalue weighted by atomic mass is 9.94. The van der Waals surface area contributed by atoms with Gasteiger partial charge in [0.05, 0.1) is 29.9 Å². The molecular formula is C41H59FN2O5. The van der Waals surface area contributed by atoms with E-state index in [4.69, 9.17) is 5.11 Å². The van der Waals surface area contributed by atoms with Crippen molar-refractivity contribution in [1.29, 1.82) is 0 Å². The zero-order chi connectivity index (χ0) is 37.5. The fourth-order valence-electron chi connectivity index (χ4n) is 5.20. The molecule has 0 aliphatic carbocycles. The van der Waals surface area contributed by atoms with Gasteiger partial charge in [-0.3, -0.25) is 9.59 Å². The third kappa shape index (κ3) is 13.6. The number of hydrogen-bond acceptors (Lipinski definition) is 4. The minimum absolute atomic E-state index is 0.0939. The second-order valence-electron chi connectivity index (χ2n) is 10.4. The molecule has 2 unspecified atom stereocenters. The first-order chi connectivity index (χ1) is 23.7. The number of benzene rings is 3. The second-order valence-corrected chi connectivity index (χ2v) is 10.4. The number of nitrogens with one attached hydrogen (secondary N) is 1. The largest absolute Gasteiger partial charge is 0.481 e. The number of hydrogen-bond donors (Lipinski definition) is 4. The zero-order valence-electron chi connectivity index (χ0n) is 31.1. The van der Waals surface area contributed by atoms with Crippen LogP contribution in [0.4, 0.5) is 10.1 Å². The number of aromatic nitrogens is 1. The first-order valence-corrected chi connectivity index (χ1v) is 17.7. The van der Waals surface area contributed by atoms with Crippen LogP contribution in [0.3, 0.4) is 0 Å². The number of carboxylic acids is 1. The number of carbonyl (C=O) groups excluding carboxylic acids is 1. The first-order valence-electron chi connectivity index (χ1n) is 17.7. The number of para-hydroxylation sites is 1. The molecule has 7 nitrogen and oxygen atoms in total. The van der Waals surface area contributed by atoms with Gasteiger partial charge >= 0.3 is 5.97 Å². The Morgan fingerprint density at radius 2 is 1.24 bits per heavy atom. The van der Waals surface area contributed by atoms with Crippen LogP contribution in [0.2, 0.25) is 0 Å². The second kappa shape index (κ2) is 24.8. The van der Waals surface area contributed by atoms with Crippen molar-refractivity contribution in [2.75, 3.05) is 5.32 Å². The molecule has 4 rings (SSSR count). The Kier molecular flexibility index (Phi) is 22.6. The first kappa shape index (κ1) is 44.7. The molecule has 0 saturated carbocycles. The molecule has 0 aliphatic rings. The lowest BCUT2D eigenvalue weighted by Gasteiger charge is -2.20. The van der Waals surface area contributed by atoms with E-state index >= 15 is 0 Å². The summed E-state index contributed by atoms with van der Waals surface area (Å²) in [6.45, 7) is 20.3. The molecule has 2 atom stereocenters. The lowest BCUT2D eigenvalue weighted by Crippen LogP contribution is -2.22. The van der Waals surface area contributed by atoms with E-state index in [1.165, 1.54) is 12.1 Å². The van der Waals surface area contributed by atoms with Crippen molar-refractivity contribution < 1.29 is 29.3 Å². The van der Waals surface area contributed by atoms with E-state index < -0.39 is 24.6 Å². The molecule has 0 spiro atoms. The van der Waals surface area contributed by atoms with Gasteiger partial charge in [0, 0.05) is 23.5 Å². The summed E-state index contributed by atoms with van der Waals surface area (Å²) in [7, 11) is 0. The molecule has 4 aromatic rings. The summed E-state index contributed by atoms with van der Waals surface area (Å²) >= 11 is 0. The highest BCUT2D eigenvalue weighted by atomic mass is 19.1. The Morgan fingerprint density at radius 3 is 1.73 bits per heavy atom. The third-order valence-corrected chi connectivity index (χ3v) is 6.93. The van der Waals surface area contributed by atoms with Gasteiger partial charge in [-0.1, -0.05) is 118 Å². The Morgan fingerprint density at radius 1 is 0.735 bits per heavy atom. The number of halogens is 1. The van der Waals surface area contributed by atoms with Crippen molar-refractivity contribution in [3.63, 3.8) is 0 Å². The standard InChI is InChI=1S/C33H35FN2O5.4C2H6/c1-21(2)31-30(33(41)35-25-11-7-4-8-12-25)29(22-9-5-3-6-10-22)32(23-13-15-24(34)16-14-23)36(31)18-17-26(37)19-27(38)20-28(39)40;4*1-2/h3-16,21,26-27,37-38H,17-20H2,1-2H3,(H,35,41)(H,39,40);4*1-2H3. The van der Waals surface area contributed by atoms with E-state index in [9.17, 15) is 24.2 Å². The maximum Gasteiger partial charge on any atom is 0.305 e. The van der Waals surface area contributed by atoms with Crippen LogP contribution < -0.4 is 5.32 Å². The van der Waals surface area contributed by atoms with E-state index in [1.54, 1.807) is 12.1 Å². The van der Waals surface area contributed by atoms with Gasteiger partial charge in [0.1, 0.15) is 5.82 Å². The van der Waals surface area contributed by atoms with E-state index in [-0.39, 0.29) is 37.0 Å². The molecule has 4 N–H and O–H groups in total. The monoisotopic (exact) mass is 678 g/mol. The van der Waals surface area contributed by atoms with Gasteiger partial charge in [0.2, 0.25) is 0 Å². The van der Waals surface area contributed by atoms with Crippen molar-refractivity contribution in [1.82, 2.24) is 4.57 Å². The van der Waals surface area contributed by atoms with Crippen molar-refractivity contribution >= 4 is 17.6 Å². The predicted octanol–water partition coefficient (Wildman–Crippen LogP) is 10.4. The number of amides is 1. The van der Waals surface area contributed by atoms with E-state index in [2.05, 4.69) is 5.32 Å². The van der Waals surface area contributed by atoms with Crippen LogP contribution in [0.15, 0.2) is 84.9 Å². The van der Waals surface area contributed by atoms with Gasteiger partial charge in [-0.15, -0.1) is 0 Å². The number of carboxylic acid groups (broad SMARTS) is 1. The smallest absolute Gasteiger partial charge is 0.305 e. The Bertz CT molecular complexity index is 1470. The summed E-state index contributed by atoms with van der Waals surface area (Å²) < 4.78 is 16.0. The minimum atomic E-state index is -1.18. The highest BCUT2D eigenvalue weighted by Crippen LogP contribution is 2.42. The molecule has 0 aliphatic heterocycles. The van der Waals surface area contributed by atoms with Crippen LogP contribution in [-0.4, -0.2) is 44.0 Å². The van der Waals surface area contributed by atoms with Crippen LogP contribution in [0.25, 0.3) is 22.4 Å². The summed E-state index contributed by atoms with van der Waals surface area (Å²) in [6.07, 6.45) is -2.51. The van der Waals surface area contributed by atoms with Crippen LogP contribution >= 0.6 is 0 Å². The molecule has 3 aromatic carbocycles. The zero-order valence-corrected chi connectivity index (χ0v) is 31.1. The molecule has 0 fully saturated rings. The molecule has 1 amide bonds. The molecule has 1 aromatic heterocycles. The van der Waals surface area contributed by atoms with Crippen LogP contribution in [0.1, 0.15) is 110 Å². The number of aliphatic hydroxyl groups excluding tert-OH is 2. The Balaban J connectivity index is 0.00000268. The van der Waals surface area contributed by atoms with E-state index in [0.29, 0.717) is 28.1 Å². The van der Waals surface area contributed by atoms with Gasteiger partial charge in [0.15, 0.2) is 0 Å². The summed E-state index contributed by atoms with van der Waals surface area (Å²) in [4.78, 5) is 25.0.